The fourth-order valence-corrected chi connectivity index (χ4v) is 1.34. The van der Waals surface area contributed by atoms with E-state index >= 15 is 0 Å². The predicted octanol–water partition coefficient (Wildman–Crippen LogP) is 1.56. The molecule has 0 aliphatic rings. The highest BCUT2D eigenvalue weighted by atomic mass is 16.3. The minimum Gasteiger partial charge on any atom is -0.472 e. The number of furan rings is 1. The maximum Gasteiger partial charge on any atom is 0.108 e. The molecule has 0 aliphatic carbocycles. The molecule has 14 heavy (non-hydrogen) atoms. The van der Waals surface area contributed by atoms with Gasteiger partial charge in [0, 0.05) is 18.0 Å². The minimum absolute atomic E-state index is 0.123. The summed E-state index contributed by atoms with van der Waals surface area (Å²) in [4.78, 5) is 7.43. The number of hydrogen-bond donors (Lipinski definition) is 2. The molecule has 2 rings (SSSR count). The molecule has 3 N–H and O–H groups in total. The van der Waals surface area contributed by atoms with Crippen molar-refractivity contribution in [2.75, 3.05) is 0 Å². The Hall–Kier alpha value is -1.55. The van der Waals surface area contributed by atoms with Gasteiger partial charge in [-0.15, -0.1) is 0 Å². The van der Waals surface area contributed by atoms with Gasteiger partial charge in [0.25, 0.3) is 0 Å². The van der Waals surface area contributed by atoms with E-state index in [-0.39, 0.29) is 6.04 Å². The first-order valence-corrected chi connectivity index (χ1v) is 4.58. The maximum atomic E-state index is 5.67. The molecule has 1 atom stereocenters. The Labute approximate surface area is 82.1 Å². The minimum atomic E-state index is 0.123. The van der Waals surface area contributed by atoms with E-state index in [1.165, 1.54) is 0 Å². The molecule has 74 valence electrons. The molecule has 0 spiro atoms. The second-order valence-electron chi connectivity index (χ2n) is 3.44. The summed E-state index contributed by atoms with van der Waals surface area (Å²) in [5, 5.41) is 0. The van der Waals surface area contributed by atoms with Gasteiger partial charge < -0.3 is 15.1 Å². The molecule has 0 bridgehead atoms. The Bertz CT molecular complexity index is 389. The number of H-pyrrole nitrogens is 1. The number of nitrogens with zero attached hydrogens (tertiary/aromatic N) is 1. The molecule has 0 aromatic carbocycles. The predicted molar refractivity (Wildman–Crippen MR) is 53.6 cm³/mol. The SMILES string of the molecule is CC(N)Cc1ncc(-c2ccoc2)[nH]1. The highest BCUT2D eigenvalue weighted by molar-refractivity contribution is 5.56. The van der Waals surface area contributed by atoms with Crippen LogP contribution in [-0.2, 0) is 6.42 Å². The first-order valence-electron chi connectivity index (χ1n) is 4.58. The van der Waals surface area contributed by atoms with Gasteiger partial charge in [-0.25, -0.2) is 4.98 Å². The van der Waals surface area contributed by atoms with Crippen LogP contribution in [0.5, 0.6) is 0 Å². The Morgan fingerprint density at radius 2 is 2.50 bits per heavy atom. The average molecular weight is 191 g/mol. The Morgan fingerprint density at radius 3 is 3.14 bits per heavy atom. The number of aromatic amines is 1. The summed E-state index contributed by atoms with van der Waals surface area (Å²) < 4.78 is 4.99. The third kappa shape index (κ3) is 1.85. The van der Waals surface area contributed by atoms with Crippen molar-refractivity contribution in [3.8, 4) is 11.3 Å². The van der Waals surface area contributed by atoms with Gasteiger partial charge in [0.2, 0.25) is 0 Å². The van der Waals surface area contributed by atoms with Crippen molar-refractivity contribution < 1.29 is 4.42 Å². The van der Waals surface area contributed by atoms with Crippen molar-refractivity contribution in [1.82, 2.24) is 9.97 Å². The summed E-state index contributed by atoms with van der Waals surface area (Å²) in [7, 11) is 0. The van der Waals surface area contributed by atoms with Crippen LogP contribution in [0.1, 0.15) is 12.7 Å². The lowest BCUT2D eigenvalue weighted by atomic mass is 10.2. The lowest BCUT2D eigenvalue weighted by Gasteiger charge is -1.99. The zero-order valence-corrected chi connectivity index (χ0v) is 8.03. The molecule has 4 heteroatoms. The third-order valence-corrected chi connectivity index (χ3v) is 1.98. The number of nitrogens with two attached hydrogens (primary N) is 1. The Balaban J connectivity index is 2.18. The second-order valence-corrected chi connectivity index (χ2v) is 3.44. The van der Waals surface area contributed by atoms with E-state index in [1.807, 2.05) is 13.0 Å². The molecule has 0 saturated heterocycles. The van der Waals surface area contributed by atoms with Gasteiger partial charge in [0.15, 0.2) is 0 Å². The summed E-state index contributed by atoms with van der Waals surface area (Å²) in [5.41, 5.74) is 7.65. The van der Waals surface area contributed by atoms with Crippen molar-refractivity contribution in [2.24, 2.45) is 5.73 Å². The van der Waals surface area contributed by atoms with Crippen LogP contribution in [0.2, 0.25) is 0 Å². The van der Waals surface area contributed by atoms with Crippen molar-refractivity contribution in [1.29, 1.82) is 0 Å². The molecule has 2 aromatic rings. The Kier molecular flexibility index (Phi) is 2.37. The first-order chi connectivity index (χ1) is 6.75. The Morgan fingerprint density at radius 1 is 1.64 bits per heavy atom. The molecule has 0 radical (unpaired) electrons. The zero-order chi connectivity index (χ0) is 9.97. The molecule has 1 unspecified atom stereocenters. The maximum absolute atomic E-state index is 5.67. The van der Waals surface area contributed by atoms with E-state index in [4.69, 9.17) is 10.2 Å². The lowest BCUT2D eigenvalue weighted by molar-refractivity contribution is 0.568. The number of imidazole rings is 1. The molecule has 0 fully saturated rings. The van der Waals surface area contributed by atoms with Gasteiger partial charge in [-0.3, -0.25) is 0 Å². The van der Waals surface area contributed by atoms with Crippen molar-refractivity contribution >= 4 is 0 Å². The van der Waals surface area contributed by atoms with Crippen LogP contribution >= 0.6 is 0 Å². The normalized spacial score (nSPS) is 13.0. The van der Waals surface area contributed by atoms with Crippen molar-refractivity contribution in [2.45, 2.75) is 19.4 Å². The van der Waals surface area contributed by atoms with Crippen LogP contribution in [-0.4, -0.2) is 16.0 Å². The first kappa shape index (κ1) is 9.02. The molecule has 0 amide bonds. The van der Waals surface area contributed by atoms with Crippen molar-refractivity contribution in [3.05, 3.63) is 30.6 Å². The molecular weight excluding hydrogens is 178 g/mol. The van der Waals surface area contributed by atoms with Crippen LogP contribution in [0.4, 0.5) is 0 Å². The largest absolute Gasteiger partial charge is 0.472 e. The van der Waals surface area contributed by atoms with E-state index in [2.05, 4.69) is 9.97 Å². The summed E-state index contributed by atoms with van der Waals surface area (Å²) in [6.07, 6.45) is 5.88. The second kappa shape index (κ2) is 3.67. The van der Waals surface area contributed by atoms with Gasteiger partial charge in [0.1, 0.15) is 5.82 Å². The fraction of sp³-hybridized carbons (Fsp3) is 0.300. The van der Waals surface area contributed by atoms with E-state index in [0.29, 0.717) is 0 Å². The molecule has 2 aromatic heterocycles. The quantitative estimate of drug-likeness (QED) is 0.773. The molecule has 2 heterocycles. The summed E-state index contributed by atoms with van der Waals surface area (Å²) in [6.45, 7) is 1.96. The van der Waals surface area contributed by atoms with Crippen LogP contribution in [0.25, 0.3) is 11.3 Å². The molecule has 4 nitrogen and oxygen atoms in total. The number of hydrogen-bond acceptors (Lipinski definition) is 3. The van der Waals surface area contributed by atoms with Crippen molar-refractivity contribution in [3.63, 3.8) is 0 Å². The highest BCUT2D eigenvalue weighted by Crippen LogP contribution is 2.17. The van der Waals surface area contributed by atoms with E-state index in [0.717, 1.165) is 23.5 Å². The van der Waals surface area contributed by atoms with Gasteiger partial charge in [0.05, 0.1) is 24.4 Å². The highest BCUT2D eigenvalue weighted by Gasteiger charge is 2.05. The molecule has 0 aliphatic heterocycles. The van der Waals surface area contributed by atoms with E-state index in [1.54, 1.807) is 18.7 Å². The van der Waals surface area contributed by atoms with Crippen LogP contribution < -0.4 is 5.73 Å². The van der Waals surface area contributed by atoms with Gasteiger partial charge in [-0.2, -0.15) is 0 Å². The topological polar surface area (TPSA) is 67.8 Å². The smallest absolute Gasteiger partial charge is 0.108 e. The fourth-order valence-electron chi connectivity index (χ4n) is 1.34. The monoisotopic (exact) mass is 191 g/mol. The molecular formula is C10H13N3O. The number of aromatic nitrogens is 2. The van der Waals surface area contributed by atoms with Gasteiger partial charge in [-0.05, 0) is 13.0 Å². The van der Waals surface area contributed by atoms with Crippen LogP contribution in [0.3, 0.4) is 0 Å². The summed E-state index contributed by atoms with van der Waals surface area (Å²) >= 11 is 0. The van der Waals surface area contributed by atoms with E-state index in [9.17, 15) is 0 Å². The van der Waals surface area contributed by atoms with Crippen LogP contribution in [0.15, 0.2) is 29.2 Å². The lowest BCUT2D eigenvalue weighted by Crippen LogP contribution is -2.18. The van der Waals surface area contributed by atoms with E-state index < -0.39 is 0 Å². The average Bonchev–Trinajstić information content (AvgIpc) is 2.69. The third-order valence-electron chi connectivity index (χ3n) is 1.98. The number of rotatable bonds is 3. The number of nitrogens with one attached hydrogen (secondary N) is 1. The standard InChI is InChI=1S/C10H13N3O/c1-7(11)4-10-12-5-9(13-10)8-2-3-14-6-8/h2-3,5-7H,4,11H2,1H3,(H,12,13). The summed E-state index contributed by atoms with van der Waals surface area (Å²) in [5.74, 6) is 0.913. The zero-order valence-electron chi connectivity index (χ0n) is 8.03. The molecule has 0 saturated carbocycles. The van der Waals surface area contributed by atoms with Crippen LogP contribution in [0, 0.1) is 0 Å². The van der Waals surface area contributed by atoms with Gasteiger partial charge in [-0.1, -0.05) is 0 Å². The summed E-state index contributed by atoms with van der Waals surface area (Å²) in [6, 6.07) is 2.02. The van der Waals surface area contributed by atoms with Gasteiger partial charge >= 0.3 is 0 Å².